The van der Waals surface area contributed by atoms with Gasteiger partial charge in [0.2, 0.25) is 0 Å². The van der Waals surface area contributed by atoms with Crippen molar-refractivity contribution in [2.24, 2.45) is 0 Å². The molecule has 28 heavy (non-hydrogen) atoms. The van der Waals surface area contributed by atoms with Gasteiger partial charge >= 0.3 is 0 Å². The Balaban J connectivity index is 1.45. The zero-order chi connectivity index (χ0) is 19.3. The molecular formula is C24H28N4. The summed E-state index contributed by atoms with van der Waals surface area (Å²) in [5, 5.41) is 0. The highest BCUT2D eigenvalue weighted by molar-refractivity contribution is 5.65. The summed E-state index contributed by atoms with van der Waals surface area (Å²) in [6, 6.07) is 23.6. The molecule has 0 atom stereocenters. The summed E-state index contributed by atoms with van der Waals surface area (Å²) in [5.74, 6) is 0. The number of anilines is 2. The van der Waals surface area contributed by atoms with E-state index in [2.05, 4.69) is 89.5 Å². The van der Waals surface area contributed by atoms with Crippen molar-refractivity contribution < 1.29 is 0 Å². The Morgan fingerprint density at radius 3 is 2.21 bits per heavy atom. The Hall–Kier alpha value is -2.85. The van der Waals surface area contributed by atoms with Crippen LogP contribution >= 0.6 is 0 Å². The van der Waals surface area contributed by atoms with E-state index < -0.39 is 0 Å². The molecule has 0 saturated carbocycles. The predicted octanol–water partition coefficient (Wildman–Crippen LogP) is 4.14. The Kier molecular flexibility index (Phi) is 5.58. The number of piperazine rings is 1. The molecule has 1 aliphatic rings. The van der Waals surface area contributed by atoms with Gasteiger partial charge in [-0.15, -0.1) is 0 Å². The minimum atomic E-state index is 0.946. The SMILES string of the molecule is CN(C)c1ccc(-c2ncccc2CN2CCN(c3ccccc3)CC2)cc1. The van der Waals surface area contributed by atoms with E-state index in [4.69, 9.17) is 4.98 Å². The molecule has 144 valence electrons. The van der Waals surface area contributed by atoms with Gasteiger partial charge in [0.05, 0.1) is 5.69 Å². The van der Waals surface area contributed by atoms with Crippen LogP contribution in [0.25, 0.3) is 11.3 Å². The van der Waals surface area contributed by atoms with Gasteiger partial charge < -0.3 is 9.80 Å². The van der Waals surface area contributed by atoms with Crippen molar-refractivity contribution in [1.29, 1.82) is 0 Å². The van der Waals surface area contributed by atoms with E-state index in [1.807, 2.05) is 12.3 Å². The molecule has 0 unspecified atom stereocenters. The predicted molar refractivity (Wildman–Crippen MR) is 118 cm³/mol. The molecule has 4 heteroatoms. The van der Waals surface area contributed by atoms with Crippen molar-refractivity contribution in [2.45, 2.75) is 6.54 Å². The van der Waals surface area contributed by atoms with Crippen LogP contribution in [0.5, 0.6) is 0 Å². The van der Waals surface area contributed by atoms with Crippen LogP contribution in [0.4, 0.5) is 11.4 Å². The molecule has 4 rings (SSSR count). The van der Waals surface area contributed by atoms with Gasteiger partial charge in [0.25, 0.3) is 0 Å². The highest BCUT2D eigenvalue weighted by Gasteiger charge is 2.18. The Morgan fingerprint density at radius 1 is 0.821 bits per heavy atom. The van der Waals surface area contributed by atoms with Gasteiger partial charge in [0, 0.05) is 70.0 Å². The van der Waals surface area contributed by atoms with Crippen molar-refractivity contribution in [2.75, 3.05) is 50.1 Å². The van der Waals surface area contributed by atoms with Gasteiger partial charge in [-0.25, -0.2) is 0 Å². The number of aromatic nitrogens is 1. The normalized spacial score (nSPS) is 14.9. The van der Waals surface area contributed by atoms with Crippen molar-refractivity contribution >= 4 is 11.4 Å². The zero-order valence-electron chi connectivity index (χ0n) is 16.8. The molecule has 1 saturated heterocycles. The largest absolute Gasteiger partial charge is 0.378 e. The number of para-hydroxylation sites is 1. The van der Waals surface area contributed by atoms with Crippen molar-refractivity contribution in [1.82, 2.24) is 9.88 Å². The van der Waals surface area contributed by atoms with Gasteiger partial charge in [0.1, 0.15) is 0 Å². The summed E-state index contributed by atoms with van der Waals surface area (Å²) in [5.41, 5.74) is 6.11. The molecule has 2 heterocycles. The Bertz CT molecular complexity index is 882. The maximum Gasteiger partial charge on any atom is 0.0746 e. The average molecular weight is 373 g/mol. The molecule has 0 amide bonds. The quantitative estimate of drug-likeness (QED) is 0.671. The van der Waals surface area contributed by atoms with Crippen molar-refractivity contribution in [3.63, 3.8) is 0 Å². The third kappa shape index (κ3) is 4.18. The maximum atomic E-state index is 4.70. The number of hydrogen-bond donors (Lipinski definition) is 0. The molecule has 1 fully saturated rings. The first kappa shape index (κ1) is 18.5. The van der Waals surface area contributed by atoms with Crippen LogP contribution in [0.15, 0.2) is 72.9 Å². The first-order valence-electron chi connectivity index (χ1n) is 9.95. The van der Waals surface area contributed by atoms with Crippen LogP contribution < -0.4 is 9.80 Å². The van der Waals surface area contributed by atoms with Gasteiger partial charge in [-0.2, -0.15) is 0 Å². The molecule has 0 bridgehead atoms. The molecule has 1 aromatic heterocycles. The first-order chi connectivity index (χ1) is 13.7. The highest BCUT2D eigenvalue weighted by Crippen LogP contribution is 2.25. The smallest absolute Gasteiger partial charge is 0.0746 e. The fraction of sp³-hybridized carbons (Fsp3) is 0.292. The summed E-state index contributed by atoms with van der Waals surface area (Å²) in [6.07, 6.45) is 1.89. The number of rotatable bonds is 5. The number of nitrogens with zero attached hydrogens (tertiary/aromatic N) is 4. The number of pyridine rings is 1. The van der Waals surface area contributed by atoms with E-state index in [9.17, 15) is 0 Å². The van der Waals surface area contributed by atoms with Crippen LogP contribution in [0.2, 0.25) is 0 Å². The number of benzene rings is 2. The molecular weight excluding hydrogens is 344 g/mol. The van der Waals surface area contributed by atoms with Crippen LogP contribution in [0.1, 0.15) is 5.56 Å². The second-order valence-electron chi connectivity index (χ2n) is 7.55. The summed E-state index contributed by atoms with van der Waals surface area (Å²) >= 11 is 0. The fourth-order valence-electron chi connectivity index (χ4n) is 3.79. The third-order valence-corrected chi connectivity index (χ3v) is 5.44. The standard InChI is InChI=1S/C24H28N4/c1-26(2)22-12-10-20(11-13-22)24-21(7-6-14-25-24)19-27-15-17-28(18-16-27)23-8-4-3-5-9-23/h3-14H,15-19H2,1-2H3. The van der Waals surface area contributed by atoms with Crippen LogP contribution in [0, 0.1) is 0 Å². The van der Waals surface area contributed by atoms with E-state index in [-0.39, 0.29) is 0 Å². The second kappa shape index (κ2) is 8.44. The minimum Gasteiger partial charge on any atom is -0.378 e. The lowest BCUT2D eigenvalue weighted by molar-refractivity contribution is 0.250. The van der Waals surface area contributed by atoms with Crippen LogP contribution in [-0.2, 0) is 6.54 Å². The molecule has 0 spiro atoms. The summed E-state index contributed by atoms with van der Waals surface area (Å²) in [7, 11) is 4.13. The number of hydrogen-bond acceptors (Lipinski definition) is 4. The lowest BCUT2D eigenvalue weighted by Crippen LogP contribution is -2.46. The van der Waals surface area contributed by atoms with E-state index in [0.29, 0.717) is 0 Å². The van der Waals surface area contributed by atoms with Crippen LogP contribution in [0.3, 0.4) is 0 Å². The van der Waals surface area contributed by atoms with Gasteiger partial charge in [-0.3, -0.25) is 9.88 Å². The van der Waals surface area contributed by atoms with E-state index in [1.165, 1.54) is 22.5 Å². The lowest BCUT2D eigenvalue weighted by Gasteiger charge is -2.36. The molecule has 1 aliphatic heterocycles. The monoisotopic (exact) mass is 372 g/mol. The molecule has 0 N–H and O–H groups in total. The van der Waals surface area contributed by atoms with E-state index in [0.717, 1.165) is 38.4 Å². The Morgan fingerprint density at radius 2 is 1.54 bits per heavy atom. The van der Waals surface area contributed by atoms with Crippen molar-refractivity contribution in [3.8, 4) is 11.3 Å². The summed E-state index contributed by atoms with van der Waals surface area (Å²) in [4.78, 5) is 11.8. The van der Waals surface area contributed by atoms with E-state index in [1.54, 1.807) is 0 Å². The molecule has 0 radical (unpaired) electrons. The first-order valence-corrected chi connectivity index (χ1v) is 9.95. The Labute approximate surface area is 168 Å². The molecule has 4 nitrogen and oxygen atoms in total. The van der Waals surface area contributed by atoms with Crippen molar-refractivity contribution in [3.05, 3.63) is 78.5 Å². The molecule has 3 aromatic rings. The summed E-state index contributed by atoms with van der Waals surface area (Å²) in [6.45, 7) is 5.22. The molecule has 2 aromatic carbocycles. The lowest BCUT2D eigenvalue weighted by atomic mass is 10.0. The van der Waals surface area contributed by atoms with Gasteiger partial charge in [-0.05, 0) is 35.9 Å². The average Bonchev–Trinajstić information content (AvgIpc) is 2.75. The van der Waals surface area contributed by atoms with Gasteiger partial charge in [-0.1, -0.05) is 36.4 Å². The second-order valence-corrected chi connectivity index (χ2v) is 7.55. The zero-order valence-corrected chi connectivity index (χ0v) is 16.8. The summed E-state index contributed by atoms with van der Waals surface area (Å²) < 4.78 is 0. The van der Waals surface area contributed by atoms with E-state index >= 15 is 0 Å². The third-order valence-electron chi connectivity index (χ3n) is 5.44. The topological polar surface area (TPSA) is 22.6 Å². The maximum absolute atomic E-state index is 4.70. The van der Waals surface area contributed by atoms with Crippen LogP contribution in [-0.4, -0.2) is 50.2 Å². The minimum absolute atomic E-state index is 0.946. The van der Waals surface area contributed by atoms with Gasteiger partial charge in [0.15, 0.2) is 0 Å². The molecule has 0 aliphatic carbocycles. The fourth-order valence-corrected chi connectivity index (χ4v) is 3.79. The highest BCUT2D eigenvalue weighted by atomic mass is 15.3.